The molecule has 1 aliphatic heterocycles. The molecule has 0 atom stereocenters. The van der Waals surface area contributed by atoms with Crippen LogP contribution in [0.4, 0.5) is 4.39 Å². The van der Waals surface area contributed by atoms with Gasteiger partial charge in [-0.25, -0.2) is 17.5 Å². The monoisotopic (exact) mass is 377 g/mol. The Morgan fingerprint density at radius 2 is 1.85 bits per heavy atom. The normalized spacial score (nSPS) is 13.1. The predicted octanol–water partition coefficient (Wildman–Crippen LogP) is 2.08. The van der Waals surface area contributed by atoms with E-state index >= 15 is 0 Å². The van der Waals surface area contributed by atoms with Gasteiger partial charge in [-0.05, 0) is 36.4 Å². The summed E-state index contributed by atoms with van der Waals surface area (Å²) in [6.45, 7) is -0.134. The summed E-state index contributed by atoms with van der Waals surface area (Å²) in [4.78, 5) is 4.12. The zero-order valence-corrected chi connectivity index (χ0v) is 14.0. The Morgan fingerprint density at radius 1 is 1.08 bits per heavy atom. The lowest BCUT2D eigenvalue weighted by atomic mass is 10.2. The third kappa shape index (κ3) is 3.24. The first-order valence-electron chi connectivity index (χ1n) is 7.49. The van der Waals surface area contributed by atoms with Gasteiger partial charge in [0.05, 0.1) is 11.4 Å². The maximum Gasteiger partial charge on any atom is 0.242 e. The molecule has 1 aromatic heterocycles. The quantitative estimate of drug-likeness (QED) is 0.726. The van der Waals surface area contributed by atoms with E-state index in [1.807, 2.05) is 0 Å². The topological polar surface area (TPSA) is 104 Å². The number of ether oxygens (including phenoxy) is 2. The van der Waals surface area contributed by atoms with Gasteiger partial charge in [0.1, 0.15) is 5.82 Å². The number of rotatable bonds is 5. The number of hydrogen-bond acceptors (Lipinski definition) is 7. The molecule has 0 unspecified atom stereocenters. The van der Waals surface area contributed by atoms with Crippen molar-refractivity contribution in [2.75, 3.05) is 6.79 Å². The number of nitrogens with one attached hydrogen (secondary N) is 1. The Morgan fingerprint density at radius 3 is 2.65 bits per heavy atom. The molecule has 2 aromatic carbocycles. The standard InChI is InChI=1S/C16H12FN3O5S/c17-11-3-1-10(2-4-11)16-19-15(25-20-16)8-18-26(21,22)12-5-6-13-14(7-12)24-9-23-13/h1-7,18H,8-9H2. The summed E-state index contributed by atoms with van der Waals surface area (Å²) < 4.78 is 55.4. The van der Waals surface area contributed by atoms with Gasteiger partial charge in [0.15, 0.2) is 11.5 Å². The molecule has 0 saturated heterocycles. The molecule has 0 saturated carbocycles. The first-order valence-corrected chi connectivity index (χ1v) is 8.97. The summed E-state index contributed by atoms with van der Waals surface area (Å²) in [6, 6.07) is 9.86. The number of hydrogen-bond donors (Lipinski definition) is 1. The average molecular weight is 377 g/mol. The van der Waals surface area contributed by atoms with Crippen molar-refractivity contribution in [3.05, 3.63) is 54.2 Å². The van der Waals surface area contributed by atoms with Crippen LogP contribution in [0.5, 0.6) is 11.5 Å². The Labute approximate surface area is 147 Å². The van der Waals surface area contributed by atoms with Crippen molar-refractivity contribution in [1.82, 2.24) is 14.9 Å². The van der Waals surface area contributed by atoms with Gasteiger partial charge in [-0.1, -0.05) is 5.16 Å². The van der Waals surface area contributed by atoms with Crippen molar-refractivity contribution in [2.45, 2.75) is 11.4 Å². The predicted molar refractivity (Wildman–Crippen MR) is 86.3 cm³/mol. The van der Waals surface area contributed by atoms with E-state index in [1.54, 1.807) is 0 Å². The fourth-order valence-corrected chi connectivity index (χ4v) is 3.32. The summed E-state index contributed by atoms with van der Waals surface area (Å²) in [5, 5.41) is 3.76. The van der Waals surface area contributed by atoms with Crippen LogP contribution in [-0.4, -0.2) is 25.4 Å². The number of benzene rings is 2. The molecule has 0 amide bonds. The lowest BCUT2D eigenvalue weighted by molar-refractivity contribution is 0.174. The molecule has 1 N–H and O–H groups in total. The van der Waals surface area contributed by atoms with Gasteiger partial charge in [0.2, 0.25) is 28.5 Å². The highest BCUT2D eigenvalue weighted by atomic mass is 32.2. The van der Waals surface area contributed by atoms with Gasteiger partial charge in [-0.2, -0.15) is 4.98 Å². The summed E-state index contributed by atoms with van der Waals surface area (Å²) in [5.41, 5.74) is 0.556. The number of sulfonamides is 1. The molecule has 10 heteroatoms. The van der Waals surface area contributed by atoms with Crippen molar-refractivity contribution in [1.29, 1.82) is 0 Å². The Hall–Kier alpha value is -2.98. The molecule has 1 aliphatic rings. The second kappa shape index (κ2) is 6.39. The third-order valence-corrected chi connectivity index (χ3v) is 5.04. The largest absolute Gasteiger partial charge is 0.454 e. The Kier molecular flexibility index (Phi) is 4.05. The minimum atomic E-state index is -3.80. The second-order valence-electron chi connectivity index (χ2n) is 5.36. The van der Waals surface area contributed by atoms with E-state index in [-0.39, 0.29) is 35.8 Å². The first kappa shape index (κ1) is 16.5. The molecule has 2 heterocycles. The van der Waals surface area contributed by atoms with E-state index in [0.717, 1.165) is 0 Å². The van der Waals surface area contributed by atoms with Crippen LogP contribution in [0.1, 0.15) is 5.89 Å². The zero-order valence-electron chi connectivity index (χ0n) is 13.2. The van der Waals surface area contributed by atoms with Crippen LogP contribution in [0.3, 0.4) is 0 Å². The molecule has 0 radical (unpaired) electrons. The highest BCUT2D eigenvalue weighted by molar-refractivity contribution is 7.89. The van der Waals surface area contributed by atoms with Crippen LogP contribution in [-0.2, 0) is 16.6 Å². The van der Waals surface area contributed by atoms with Crippen molar-refractivity contribution in [3.8, 4) is 22.9 Å². The van der Waals surface area contributed by atoms with Gasteiger partial charge in [0.25, 0.3) is 0 Å². The van der Waals surface area contributed by atoms with E-state index in [4.69, 9.17) is 14.0 Å². The van der Waals surface area contributed by atoms with E-state index in [2.05, 4.69) is 14.9 Å². The van der Waals surface area contributed by atoms with E-state index in [1.165, 1.54) is 42.5 Å². The van der Waals surface area contributed by atoms with Crippen molar-refractivity contribution >= 4 is 10.0 Å². The lowest BCUT2D eigenvalue weighted by Crippen LogP contribution is -2.23. The van der Waals surface area contributed by atoms with Crippen LogP contribution in [0.2, 0.25) is 0 Å². The summed E-state index contributed by atoms with van der Waals surface area (Å²) >= 11 is 0. The van der Waals surface area contributed by atoms with Crippen molar-refractivity contribution in [2.24, 2.45) is 0 Å². The number of halogens is 1. The minimum Gasteiger partial charge on any atom is -0.454 e. The molecule has 3 aromatic rings. The fraction of sp³-hybridized carbons (Fsp3) is 0.125. The van der Waals surface area contributed by atoms with Gasteiger partial charge in [-0.3, -0.25) is 0 Å². The number of aromatic nitrogens is 2. The zero-order chi connectivity index (χ0) is 18.1. The van der Waals surface area contributed by atoms with Gasteiger partial charge in [-0.15, -0.1) is 0 Å². The third-order valence-electron chi connectivity index (χ3n) is 3.64. The maximum atomic E-state index is 12.9. The van der Waals surface area contributed by atoms with Crippen LogP contribution >= 0.6 is 0 Å². The number of fused-ring (bicyclic) bond motifs is 1. The van der Waals surface area contributed by atoms with Gasteiger partial charge >= 0.3 is 0 Å². The first-order chi connectivity index (χ1) is 12.5. The van der Waals surface area contributed by atoms with Crippen LogP contribution in [0.15, 0.2) is 51.9 Å². The molecule has 0 aliphatic carbocycles. The Balaban J connectivity index is 1.47. The Bertz CT molecular complexity index is 1050. The molecule has 134 valence electrons. The maximum absolute atomic E-state index is 12.9. The fourth-order valence-electron chi connectivity index (χ4n) is 2.33. The highest BCUT2D eigenvalue weighted by Gasteiger charge is 2.21. The van der Waals surface area contributed by atoms with E-state index < -0.39 is 10.0 Å². The molecule has 4 rings (SSSR count). The number of nitrogens with zero attached hydrogens (tertiary/aromatic N) is 2. The lowest BCUT2D eigenvalue weighted by Gasteiger charge is -2.05. The smallest absolute Gasteiger partial charge is 0.242 e. The SMILES string of the molecule is O=S(=O)(NCc1nc(-c2ccc(F)cc2)no1)c1ccc2c(c1)OCO2. The minimum absolute atomic E-state index is 0.0278. The van der Waals surface area contributed by atoms with E-state index in [9.17, 15) is 12.8 Å². The summed E-state index contributed by atoms with van der Waals surface area (Å²) in [6.07, 6.45) is 0. The molecule has 0 fully saturated rings. The van der Waals surface area contributed by atoms with Crippen molar-refractivity contribution < 1.29 is 26.8 Å². The molecule has 0 spiro atoms. The van der Waals surface area contributed by atoms with Crippen molar-refractivity contribution in [3.63, 3.8) is 0 Å². The average Bonchev–Trinajstić information content (AvgIpc) is 3.29. The summed E-state index contributed by atoms with van der Waals surface area (Å²) in [5.74, 6) is 0.791. The molecular formula is C16H12FN3O5S. The van der Waals surface area contributed by atoms with E-state index in [0.29, 0.717) is 17.1 Å². The van der Waals surface area contributed by atoms with Gasteiger partial charge in [0, 0.05) is 11.6 Å². The molecule has 8 nitrogen and oxygen atoms in total. The van der Waals surface area contributed by atoms with Crippen LogP contribution < -0.4 is 14.2 Å². The molecular weight excluding hydrogens is 365 g/mol. The van der Waals surface area contributed by atoms with Crippen LogP contribution in [0.25, 0.3) is 11.4 Å². The van der Waals surface area contributed by atoms with Gasteiger partial charge < -0.3 is 14.0 Å². The summed E-state index contributed by atoms with van der Waals surface area (Å²) in [7, 11) is -3.80. The highest BCUT2D eigenvalue weighted by Crippen LogP contribution is 2.33. The second-order valence-corrected chi connectivity index (χ2v) is 7.13. The molecule has 26 heavy (non-hydrogen) atoms. The molecule has 0 bridgehead atoms. The van der Waals surface area contributed by atoms with Crippen LogP contribution in [0, 0.1) is 5.82 Å².